The summed E-state index contributed by atoms with van der Waals surface area (Å²) in [6.45, 7) is 10.0. The number of amides is 1. The number of hydrogen-bond acceptors (Lipinski definition) is 4. The van der Waals surface area contributed by atoms with E-state index in [9.17, 15) is 4.79 Å². The molecule has 1 amide bonds. The Morgan fingerprint density at radius 1 is 1.40 bits per heavy atom. The molecule has 0 aliphatic carbocycles. The highest BCUT2D eigenvalue weighted by atomic mass is 16.5. The number of hydrogen-bond donors (Lipinski definition) is 1. The molecule has 6 heteroatoms. The zero-order chi connectivity index (χ0) is 14.9. The van der Waals surface area contributed by atoms with Crippen molar-refractivity contribution >= 4 is 11.8 Å². The van der Waals surface area contributed by atoms with Crippen LogP contribution in [-0.4, -0.2) is 20.8 Å². The van der Waals surface area contributed by atoms with Crippen LogP contribution in [0.15, 0.2) is 22.9 Å². The van der Waals surface area contributed by atoms with E-state index < -0.39 is 0 Å². The average Bonchev–Trinajstić information content (AvgIpc) is 2.95. The zero-order valence-corrected chi connectivity index (χ0v) is 12.5. The highest BCUT2D eigenvalue weighted by molar-refractivity contribution is 6.02. The molecule has 0 bridgehead atoms. The number of rotatable bonds is 3. The standard InChI is InChI=1S/C14H20N4O2/c1-9(2)18-10(6-7-15-18)13(19)16-12-8-11(17-20-12)14(3,4)5/h6-9H,1-5H3,(H,16,19). The first kappa shape index (κ1) is 14.3. The Balaban J connectivity index is 2.16. The van der Waals surface area contributed by atoms with Crippen molar-refractivity contribution < 1.29 is 9.32 Å². The summed E-state index contributed by atoms with van der Waals surface area (Å²) in [5.74, 6) is 0.0873. The maximum atomic E-state index is 12.2. The summed E-state index contributed by atoms with van der Waals surface area (Å²) in [5, 5.41) is 10.8. The van der Waals surface area contributed by atoms with Gasteiger partial charge in [0.25, 0.3) is 5.91 Å². The Morgan fingerprint density at radius 3 is 2.65 bits per heavy atom. The van der Waals surface area contributed by atoms with Crippen LogP contribution in [0.1, 0.15) is 56.8 Å². The van der Waals surface area contributed by atoms with Crippen molar-refractivity contribution in [3.63, 3.8) is 0 Å². The van der Waals surface area contributed by atoms with E-state index in [1.165, 1.54) is 0 Å². The third-order valence-electron chi connectivity index (χ3n) is 2.91. The van der Waals surface area contributed by atoms with Crippen molar-refractivity contribution in [2.24, 2.45) is 0 Å². The molecule has 2 aromatic heterocycles. The van der Waals surface area contributed by atoms with Crippen molar-refractivity contribution in [2.45, 2.75) is 46.1 Å². The first-order chi connectivity index (χ1) is 9.29. The van der Waals surface area contributed by atoms with Gasteiger partial charge in [-0.1, -0.05) is 25.9 Å². The summed E-state index contributed by atoms with van der Waals surface area (Å²) in [5.41, 5.74) is 1.17. The van der Waals surface area contributed by atoms with Crippen molar-refractivity contribution in [3.05, 3.63) is 29.7 Å². The van der Waals surface area contributed by atoms with Crippen LogP contribution in [0.25, 0.3) is 0 Å². The molecule has 0 aliphatic heterocycles. The molecular weight excluding hydrogens is 256 g/mol. The third-order valence-corrected chi connectivity index (χ3v) is 2.91. The molecule has 0 atom stereocenters. The Bertz CT molecular complexity index is 605. The Kier molecular flexibility index (Phi) is 3.65. The number of anilines is 1. The summed E-state index contributed by atoms with van der Waals surface area (Å²) in [6.07, 6.45) is 1.61. The van der Waals surface area contributed by atoms with E-state index in [0.29, 0.717) is 11.6 Å². The average molecular weight is 276 g/mol. The first-order valence-electron chi connectivity index (χ1n) is 6.61. The fourth-order valence-corrected chi connectivity index (χ4v) is 1.77. The molecule has 0 fully saturated rings. The molecule has 2 rings (SSSR count). The molecule has 0 radical (unpaired) electrons. The Hall–Kier alpha value is -2.11. The number of carbonyl (C=O) groups is 1. The summed E-state index contributed by atoms with van der Waals surface area (Å²) < 4.78 is 6.81. The minimum absolute atomic E-state index is 0.116. The van der Waals surface area contributed by atoms with E-state index in [1.54, 1.807) is 23.0 Å². The van der Waals surface area contributed by atoms with Gasteiger partial charge in [0.2, 0.25) is 5.88 Å². The van der Waals surface area contributed by atoms with Gasteiger partial charge in [-0.15, -0.1) is 0 Å². The van der Waals surface area contributed by atoms with Crippen LogP contribution in [0.5, 0.6) is 0 Å². The smallest absolute Gasteiger partial charge is 0.276 e. The minimum atomic E-state index is -0.257. The maximum absolute atomic E-state index is 12.2. The van der Waals surface area contributed by atoms with Crippen LogP contribution in [0.2, 0.25) is 0 Å². The molecule has 6 nitrogen and oxygen atoms in total. The van der Waals surface area contributed by atoms with E-state index in [0.717, 1.165) is 5.69 Å². The second-order valence-corrected chi connectivity index (χ2v) is 6.04. The highest BCUT2D eigenvalue weighted by Gasteiger charge is 2.21. The lowest BCUT2D eigenvalue weighted by Crippen LogP contribution is -2.18. The molecule has 20 heavy (non-hydrogen) atoms. The summed E-state index contributed by atoms with van der Waals surface area (Å²) >= 11 is 0. The van der Waals surface area contributed by atoms with Gasteiger partial charge < -0.3 is 4.52 Å². The van der Waals surface area contributed by atoms with Gasteiger partial charge in [0, 0.05) is 23.7 Å². The molecule has 2 heterocycles. The normalized spacial score (nSPS) is 11.9. The van der Waals surface area contributed by atoms with Gasteiger partial charge in [0.15, 0.2) is 0 Å². The van der Waals surface area contributed by atoms with Gasteiger partial charge in [-0.05, 0) is 19.9 Å². The number of carbonyl (C=O) groups excluding carboxylic acids is 1. The second-order valence-electron chi connectivity index (χ2n) is 6.04. The van der Waals surface area contributed by atoms with E-state index in [-0.39, 0.29) is 17.4 Å². The van der Waals surface area contributed by atoms with Crippen molar-refractivity contribution in [3.8, 4) is 0 Å². The molecule has 108 valence electrons. The van der Waals surface area contributed by atoms with Crippen molar-refractivity contribution in [1.29, 1.82) is 0 Å². The van der Waals surface area contributed by atoms with E-state index in [4.69, 9.17) is 4.52 Å². The van der Waals surface area contributed by atoms with Crippen molar-refractivity contribution in [2.75, 3.05) is 5.32 Å². The highest BCUT2D eigenvalue weighted by Crippen LogP contribution is 2.24. The monoisotopic (exact) mass is 276 g/mol. The van der Waals surface area contributed by atoms with Crippen LogP contribution >= 0.6 is 0 Å². The molecule has 0 aromatic carbocycles. The Morgan fingerprint density at radius 2 is 2.10 bits per heavy atom. The minimum Gasteiger partial charge on any atom is -0.338 e. The van der Waals surface area contributed by atoms with E-state index >= 15 is 0 Å². The fraction of sp³-hybridized carbons (Fsp3) is 0.500. The topological polar surface area (TPSA) is 73.0 Å². The van der Waals surface area contributed by atoms with Gasteiger partial charge in [-0.3, -0.25) is 14.8 Å². The molecular formula is C14H20N4O2. The van der Waals surface area contributed by atoms with Crippen LogP contribution in [0, 0.1) is 0 Å². The van der Waals surface area contributed by atoms with Gasteiger partial charge >= 0.3 is 0 Å². The van der Waals surface area contributed by atoms with Crippen LogP contribution in [0.3, 0.4) is 0 Å². The van der Waals surface area contributed by atoms with Crippen LogP contribution in [0.4, 0.5) is 5.88 Å². The summed E-state index contributed by atoms with van der Waals surface area (Å²) in [7, 11) is 0. The second kappa shape index (κ2) is 5.11. The first-order valence-corrected chi connectivity index (χ1v) is 6.61. The van der Waals surface area contributed by atoms with Gasteiger partial charge in [0.05, 0.1) is 5.69 Å². The van der Waals surface area contributed by atoms with Gasteiger partial charge in [0.1, 0.15) is 5.69 Å². The molecule has 0 aliphatic rings. The number of nitrogens with one attached hydrogen (secondary N) is 1. The molecule has 0 saturated carbocycles. The fourth-order valence-electron chi connectivity index (χ4n) is 1.77. The Labute approximate surface area is 118 Å². The summed E-state index contributed by atoms with van der Waals surface area (Å²) in [6, 6.07) is 3.54. The molecule has 0 saturated heterocycles. The SMILES string of the molecule is CC(C)n1nccc1C(=O)Nc1cc(C(C)(C)C)no1. The molecule has 0 unspecified atom stereocenters. The lowest BCUT2D eigenvalue weighted by atomic mass is 9.92. The predicted octanol–water partition coefficient (Wildman–Crippen LogP) is 3.00. The predicted molar refractivity (Wildman–Crippen MR) is 75.8 cm³/mol. The van der Waals surface area contributed by atoms with Crippen LogP contribution in [-0.2, 0) is 5.41 Å². The lowest BCUT2D eigenvalue weighted by Gasteiger charge is -2.12. The number of nitrogens with zero attached hydrogens (tertiary/aromatic N) is 3. The van der Waals surface area contributed by atoms with Crippen molar-refractivity contribution in [1.82, 2.24) is 14.9 Å². The van der Waals surface area contributed by atoms with Gasteiger partial charge in [-0.25, -0.2) is 0 Å². The summed E-state index contributed by atoms with van der Waals surface area (Å²) in [4.78, 5) is 12.2. The largest absolute Gasteiger partial charge is 0.338 e. The number of aromatic nitrogens is 3. The third kappa shape index (κ3) is 2.89. The van der Waals surface area contributed by atoms with Crippen LogP contribution < -0.4 is 5.32 Å². The molecule has 1 N–H and O–H groups in total. The quantitative estimate of drug-likeness (QED) is 0.935. The molecule has 2 aromatic rings. The lowest BCUT2D eigenvalue weighted by molar-refractivity contribution is 0.101. The molecule has 0 spiro atoms. The maximum Gasteiger partial charge on any atom is 0.276 e. The van der Waals surface area contributed by atoms with Gasteiger partial charge in [-0.2, -0.15) is 5.10 Å². The van der Waals surface area contributed by atoms with E-state index in [2.05, 4.69) is 15.6 Å². The zero-order valence-electron chi connectivity index (χ0n) is 12.5. The van der Waals surface area contributed by atoms with E-state index in [1.807, 2.05) is 34.6 Å².